The van der Waals surface area contributed by atoms with Gasteiger partial charge in [0.1, 0.15) is 0 Å². The number of hydrazine groups is 1. The van der Waals surface area contributed by atoms with Crippen LogP contribution in [0, 0.1) is 6.92 Å². The summed E-state index contributed by atoms with van der Waals surface area (Å²) in [5.74, 6) is 0. The molecule has 0 aromatic heterocycles. The van der Waals surface area contributed by atoms with Gasteiger partial charge in [0.25, 0.3) is 0 Å². The lowest BCUT2D eigenvalue weighted by atomic mass is 10.2. The Kier molecular flexibility index (Phi) is 7.18. The number of thiocarbonyl (C=S) groups is 1. The summed E-state index contributed by atoms with van der Waals surface area (Å²) >= 11 is 5.39. The van der Waals surface area contributed by atoms with Gasteiger partial charge in [0.15, 0.2) is 5.11 Å². The summed E-state index contributed by atoms with van der Waals surface area (Å²) in [7, 11) is -3.48. The van der Waals surface area contributed by atoms with Crippen LogP contribution in [-0.2, 0) is 10.0 Å². The molecule has 1 aliphatic heterocycles. The Morgan fingerprint density at radius 2 is 1.84 bits per heavy atom. The van der Waals surface area contributed by atoms with E-state index in [1.807, 2.05) is 26.8 Å². The molecule has 0 atom stereocenters. The van der Waals surface area contributed by atoms with Crippen LogP contribution in [0.15, 0.2) is 23.1 Å². The predicted molar refractivity (Wildman–Crippen MR) is 106 cm³/mol. The fourth-order valence-electron chi connectivity index (χ4n) is 2.91. The van der Waals surface area contributed by atoms with Crippen molar-refractivity contribution in [2.75, 3.05) is 31.5 Å². The molecular formula is C17H28N4O2S2. The van der Waals surface area contributed by atoms with Gasteiger partial charge >= 0.3 is 0 Å². The highest BCUT2D eigenvalue weighted by molar-refractivity contribution is 7.89. The molecule has 1 aromatic carbocycles. The minimum atomic E-state index is -3.48. The Hall–Kier alpha value is -1.22. The Balaban J connectivity index is 2.14. The Morgan fingerprint density at radius 3 is 2.44 bits per heavy atom. The molecule has 2 N–H and O–H groups in total. The monoisotopic (exact) mass is 384 g/mol. The van der Waals surface area contributed by atoms with E-state index in [9.17, 15) is 8.42 Å². The van der Waals surface area contributed by atoms with Gasteiger partial charge in [0, 0.05) is 31.9 Å². The molecular weight excluding hydrogens is 356 g/mol. The van der Waals surface area contributed by atoms with Gasteiger partial charge < -0.3 is 5.32 Å². The van der Waals surface area contributed by atoms with Gasteiger partial charge in [0.05, 0.1) is 4.90 Å². The third kappa shape index (κ3) is 5.13. The Labute approximate surface area is 156 Å². The highest BCUT2D eigenvalue weighted by Crippen LogP contribution is 2.23. The number of rotatable bonds is 6. The predicted octanol–water partition coefficient (Wildman–Crippen LogP) is 2.71. The van der Waals surface area contributed by atoms with Crippen molar-refractivity contribution in [2.24, 2.45) is 0 Å². The zero-order valence-corrected chi connectivity index (χ0v) is 16.8. The van der Waals surface area contributed by atoms with E-state index >= 15 is 0 Å². The van der Waals surface area contributed by atoms with Crippen molar-refractivity contribution >= 4 is 33.0 Å². The molecule has 2 rings (SSSR count). The maximum Gasteiger partial charge on any atom is 0.243 e. The van der Waals surface area contributed by atoms with Crippen molar-refractivity contribution in [1.82, 2.24) is 14.7 Å². The van der Waals surface area contributed by atoms with Gasteiger partial charge in [-0.05, 0) is 49.7 Å². The maximum absolute atomic E-state index is 12.7. The van der Waals surface area contributed by atoms with E-state index in [4.69, 9.17) is 12.2 Å². The van der Waals surface area contributed by atoms with E-state index < -0.39 is 10.0 Å². The highest BCUT2D eigenvalue weighted by atomic mass is 32.2. The molecule has 0 unspecified atom stereocenters. The van der Waals surface area contributed by atoms with Crippen LogP contribution < -0.4 is 10.7 Å². The lowest BCUT2D eigenvalue weighted by Crippen LogP contribution is -2.46. The van der Waals surface area contributed by atoms with Crippen molar-refractivity contribution in [3.63, 3.8) is 0 Å². The van der Waals surface area contributed by atoms with Crippen molar-refractivity contribution < 1.29 is 8.42 Å². The molecule has 1 fully saturated rings. The second kappa shape index (κ2) is 8.93. The zero-order chi connectivity index (χ0) is 18.4. The molecule has 0 aliphatic carbocycles. The minimum Gasteiger partial charge on any atom is -0.331 e. The van der Waals surface area contributed by atoms with Crippen LogP contribution in [-0.4, -0.2) is 49.0 Å². The van der Waals surface area contributed by atoms with Crippen LogP contribution in [0.2, 0.25) is 0 Å². The zero-order valence-electron chi connectivity index (χ0n) is 15.2. The van der Waals surface area contributed by atoms with Crippen LogP contribution >= 0.6 is 12.2 Å². The summed E-state index contributed by atoms with van der Waals surface area (Å²) in [6.07, 6.45) is 3.57. The summed E-state index contributed by atoms with van der Waals surface area (Å²) < 4.78 is 26.9. The number of hydrogen-bond donors (Lipinski definition) is 2. The second-order valence-corrected chi connectivity index (χ2v) is 8.53. The third-order valence-electron chi connectivity index (χ3n) is 4.42. The second-order valence-electron chi connectivity index (χ2n) is 6.18. The van der Waals surface area contributed by atoms with Crippen molar-refractivity contribution in [3.8, 4) is 0 Å². The lowest BCUT2D eigenvalue weighted by molar-refractivity contribution is 0.196. The molecule has 6 nitrogen and oxygen atoms in total. The van der Waals surface area contributed by atoms with Gasteiger partial charge in [-0.3, -0.25) is 5.43 Å². The van der Waals surface area contributed by atoms with Gasteiger partial charge in [-0.1, -0.05) is 26.3 Å². The Morgan fingerprint density at radius 1 is 1.20 bits per heavy atom. The molecule has 0 saturated carbocycles. The molecule has 140 valence electrons. The average molecular weight is 385 g/mol. The normalized spacial score (nSPS) is 16.0. The van der Waals surface area contributed by atoms with E-state index in [2.05, 4.69) is 15.8 Å². The molecule has 8 heteroatoms. The SMILES string of the molecule is CCN(CC)S(=O)(=O)c1ccc(C)c(NC(=S)NN2CCCCC2)c1. The van der Waals surface area contributed by atoms with Crippen molar-refractivity contribution in [3.05, 3.63) is 23.8 Å². The molecule has 0 bridgehead atoms. The first kappa shape index (κ1) is 20.1. The van der Waals surface area contributed by atoms with Crippen LogP contribution in [0.3, 0.4) is 0 Å². The smallest absolute Gasteiger partial charge is 0.243 e. The number of piperidine rings is 1. The molecule has 25 heavy (non-hydrogen) atoms. The summed E-state index contributed by atoms with van der Waals surface area (Å²) in [6, 6.07) is 5.12. The molecule has 1 heterocycles. The van der Waals surface area contributed by atoms with E-state index in [1.165, 1.54) is 10.7 Å². The Bertz CT molecular complexity index is 697. The van der Waals surface area contributed by atoms with Gasteiger partial charge in [-0.15, -0.1) is 0 Å². The van der Waals surface area contributed by atoms with Crippen LogP contribution in [0.25, 0.3) is 0 Å². The summed E-state index contributed by atoms with van der Waals surface area (Å²) in [4.78, 5) is 0.282. The van der Waals surface area contributed by atoms with Crippen LogP contribution in [0.1, 0.15) is 38.7 Å². The molecule has 0 radical (unpaired) electrons. The first-order valence-corrected chi connectivity index (χ1v) is 10.7. The average Bonchev–Trinajstić information content (AvgIpc) is 2.58. The molecule has 1 aliphatic rings. The molecule has 0 spiro atoms. The fraction of sp³-hybridized carbons (Fsp3) is 0.588. The number of sulfonamides is 1. The lowest BCUT2D eigenvalue weighted by Gasteiger charge is -2.28. The standard InChI is InChI=1S/C17H28N4O2S2/c1-4-21(5-2)25(22,23)15-10-9-14(3)16(13-15)18-17(24)19-20-11-7-6-8-12-20/h9-10,13H,4-8,11-12H2,1-3H3,(H2,18,19,24). The van der Waals surface area contributed by atoms with Crippen LogP contribution in [0.4, 0.5) is 5.69 Å². The molecule has 0 amide bonds. The topological polar surface area (TPSA) is 64.7 Å². The van der Waals surface area contributed by atoms with E-state index in [0.29, 0.717) is 23.9 Å². The summed E-state index contributed by atoms with van der Waals surface area (Å²) in [5, 5.41) is 5.73. The first-order chi connectivity index (χ1) is 11.9. The quantitative estimate of drug-likeness (QED) is 0.735. The summed E-state index contributed by atoms with van der Waals surface area (Å²) in [6.45, 7) is 8.45. The molecule has 1 saturated heterocycles. The number of benzene rings is 1. The maximum atomic E-state index is 12.7. The number of aryl methyl sites for hydroxylation is 1. The number of nitrogens with one attached hydrogen (secondary N) is 2. The van der Waals surface area contributed by atoms with E-state index in [1.54, 1.807) is 12.1 Å². The number of nitrogens with zero attached hydrogens (tertiary/aromatic N) is 2. The van der Waals surface area contributed by atoms with Gasteiger partial charge in [0.2, 0.25) is 10.0 Å². The van der Waals surface area contributed by atoms with Crippen LogP contribution in [0.5, 0.6) is 0 Å². The molecule has 1 aromatic rings. The first-order valence-electron chi connectivity index (χ1n) is 8.81. The third-order valence-corrected chi connectivity index (χ3v) is 6.66. The van der Waals surface area contributed by atoms with E-state index in [0.717, 1.165) is 31.5 Å². The van der Waals surface area contributed by atoms with Gasteiger partial charge in [-0.2, -0.15) is 4.31 Å². The van der Waals surface area contributed by atoms with Crippen molar-refractivity contribution in [2.45, 2.75) is 44.9 Å². The largest absolute Gasteiger partial charge is 0.331 e. The fourth-order valence-corrected chi connectivity index (χ4v) is 4.63. The van der Waals surface area contributed by atoms with E-state index in [-0.39, 0.29) is 4.90 Å². The highest BCUT2D eigenvalue weighted by Gasteiger charge is 2.22. The number of anilines is 1. The van der Waals surface area contributed by atoms with Gasteiger partial charge in [-0.25, -0.2) is 13.4 Å². The summed E-state index contributed by atoms with van der Waals surface area (Å²) in [5.41, 5.74) is 4.85. The number of hydrogen-bond acceptors (Lipinski definition) is 4. The minimum absolute atomic E-state index is 0.282. The van der Waals surface area contributed by atoms with Crippen molar-refractivity contribution in [1.29, 1.82) is 0 Å².